The third-order valence-corrected chi connectivity index (χ3v) is 5.00. The molecule has 0 radical (unpaired) electrons. The Bertz CT molecular complexity index is 234. The molecule has 0 aromatic rings. The van der Waals surface area contributed by atoms with Crippen LogP contribution < -0.4 is 5.73 Å². The molecule has 0 aromatic heterocycles. The minimum atomic E-state index is 0.776. The number of piperidine rings is 1. The molecule has 1 aliphatic heterocycles. The van der Waals surface area contributed by atoms with Gasteiger partial charge < -0.3 is 15.5 Å². The van der Waals surface area contributed by atoms with Crippen molar-refractivity contribution in [2.75, 3.05) is 46.8 Å². The second-order valence-corrected chi connectivity index (χ2v) is 7.23. The van der Waals surface area contributed by atoms with Gasteiger partial charge in [-0.2, -0.15) is 0 Å². The van der Waals surface area contributed by atoms with Crippen molar-refractivity contribution in [1.82, 2.24) is 9.80 Å². The van der Waals surface area contributed by atoms with E-state index in [2.05, 4.69) is 37.7 Å². The lowest BCUT2D eigenvalue weighted by molar-refractivity contribution is 0.172. The average Bonchev–Trinajstić information content (AvgIpc) is 2.40. The number of likely N-dealkylation sites (tertiary alicyclic amines) is 1. The number of nitrogens with zero attached hydrogens (tertiary/aromatic N) is 2. The van der Waals surface area contributed by atoms with Gasteiger partial charge in [-0.1, -0.05) is 13.8 Å². The summed E-state index contributed by atoms with van der Waals surface area (Å²) in [6.45, 7) is 10.6. The fourth-order valence-corrected chi connectivity index (χ4v) is 3.43. The number of rotatable bonds is 9. The van der Waals surface area contributed by atoms with E-state index >= 15 is 0 Å². The molecule has 3 nitrogen and oxygen atoms in total. The lowest BCUT2D eigenvalue weighted by Crippen LogP contribution is -2.36. The summed E-state index contributed by atoms with van der Waals surface area (Å²) in [5.41, 5.74) is 5.72. The van der Waals surface area contributed by atoms with E-state index in [9.17, 15) is 0 Å². The summed E-state index contributed by atoms with van der Waals surface area (Å²) in [4.78, 5) is 5.01. The van der Waals surface area contributed by atoms with Crippen LogP contribution in [0.1, 0.15) is 46.0 Å². The lowest BCUT2D eigenvalue weighted by atomic mass is 9.88. The third-order valence-electron chi connectivity index (χ3n) is 5.00. The van der Waals surface area contributed by atoms with Crippen molar-refractivity contribution < 1.29 is 0 Å². The molecular formula is C17H37N3. The molecule has 0 aromatic carbocycles. The van der Waals surface area contributed by atoms with E-state index in [-0.39, 0.29) is 0 Å². The zero-order chi connectivity index (χ0) is 15.0. The van der Waals surface area contributed by atoms with Crippen LogP contribution in [0, 0.1) is 17.8 Å². The number of hydrogen-bond acceptors (Lipinski definition) is 3. The van der Waals surface area contributed by atoms with E-state index in [1.165, 1.54) is 58.3 Å². The van der Waals surface area contributed by atoms with E-state index in [0.717, 1.165) is 24.3 Å². The summed E-state index contributed by atoms with van der Waals surface area (Å²) in [7, 11) is 4.54. The molecule has 1 heterocycles. The van der Waals surface area contributed by atoms with E-state index in [0.29, 0.717) is 0 Å². The van der Waals surface area contributed by atoms with Crippen molar-refractivity contribution in [2.24, 2.45) is 23.5 Å². The minimum Gasteiger partial charge on any atom is -0.330 e. The van der Waals surface area contributed by atoms with Gasteiger partial charge in [-0.25, -0.2) is 0 Å². The van der Waals surface area contributed by atoms with Crippen molar-refractivity contribution in [3.05, 3.63) is 0 Å². The predicted octanol–water partition coefficient (Wildman–Crippen LogP) is 2.66. The highest BCUT2D eigenvalue weighted by Gasteiger charge is 2.18. The molecular weight excluding hydrogens is 246 g/mol. The Labute approximate surface area is 126 Å². The van der Waals surface area contributed by atoms with Gasteiger partial charge in [0.2, 0.25) is 0 Å². The van der Waals surface area contributed by atoms with Gasteiger partial charge in [0.05, 0.1) is 0 Å². The largest absolute Gasteiger partial charge is 0.330 e. The summed E-state index contributed by atoms with van der Waals surface area (Å²) in [5.74, 6) is 2.51. The fourth-order valence-electron chi connectivity index (χ4n) is 3.43. The molecule has 3 heteroatoms. The first-order valence-electron chi connectivity index (χ1n) is 8.60. The standard InChI is InChI=1S/C17H37N3/c1-15(2)17(7-10-18)6-5-11-20(4)14-16-8-12-19(3)13-9-16/h15-17H,5-14,18H2,1-4H3. The Kier molecular flexibility index (Phi) is 8.74. The fraction of sp³-hybridized carbons (Fsp3) is 1.00. The van der Waals surface area contributed by atoms with Crippen LogP contribution in [-0.4, -0.2) is 56.6 Å². The van der Waals surface area contributed by atoms with Crippen LogP contribution in [0.25, 0.3) is 0 Å². The second-order valence-electron chi connectivity index (χ2n) is 7.23. The first-order valence-corrected chi connectivity index (χ1v) is 8.60. The first-order chi connectivity index (χ1) is 9.52. The second kappa shape index (κ2) is 9.75. The predicted molar refractivity (Wildman–Crippen MR) is 89.0 cm³/mol. The van der Waals surface area contributed by atoms with Gasteiger partial charge in [0, 0.05) is 6.54 Å². The number of nitrogens with two attached hydrogens (primary N) is 1. The highest BCUT2D eigenvalue weighted by molar-refractivity contribution is 4.73. The maximum Gasteiger partial charge on any atom is 0.000756 e. The summed E-state index contributed by atoms with van der Waals surface area (Å²) in [6.07, 6.45) is 6.61. The van der Waals surface area contributed by atoms with Crippen LogP contribution in [0.3, 0.4) is 0 Å². The van der Waals surface area contributed by atoms with Gasteiger partial charge >= 0.3 is 0 Å². The zero-order valence-electron chi connectivity index (χ0n) is 14.3. The molecule has 2 N–H and O–H groups in total. The van der Waals surface area contributed by atoms with Crippen LogP contribution in [0.15, 0.2) is 0 Å². The molecule has 1 atom stereocenters. The summed E-state index contributed by atoms with van der Waals surface area (Å²) >= 11 is 0. The van der Waals surface area contributed by atoms with Crippen LogP contribution in [0.2, 0.25) is 0 Å². The van der Waals surface area contributed by atoms with Gasteiger partial charge in [-0.15, -0.1) is 0 Å². The molecule has 20 heavy (non-hydrogen) atoms. The van der Waals surface area contributed by atoms with Gasteiger partial charge in [0.1, 0.15) is 0 Å². The third kappa shape index (κ3) is 7.05. The minimum absolute atomic E-state index is 0.776. The van der Waals surface area contributed by atoms with Crippen LogP contribution in [-0.2, 0) is 0 Å². The molecule has 0 saturated carbocycles. The summed E-state index contributed by atoms with van der Waals surface area (Å²) in [6, 6.07) is 0. The molecule has 1 saturated heterocycles. The molecule has 1 aliphatic rings. The topological polar surface area (TPSA) is 32.5 Å². The molecule has 120 valence electrons. The average molecular weight is 284 g/mol. The number of hydrogen-bond donors (Lipinski definition) is 1. The Balaban J connectivity index is 2.14. The Morgan fingerprint density at radius 3 is 2.40 bits per heavy atom. The van der Waals surface area contributed by atoms with Crippen molar-refractivity contribution in [3.8, 4) is 0 Å². The van der Waals surface area contributed by atoms with Gasteiger partial charge in [0.25, 0.3) is 0 Å². The van der Waals surface area contributed by atoms with Crippen LogP contribution in [0.5, 0.6) is 0 Å². The molecule has 0 amide bonds. The smallest absolute Gasteiger partial charge is 0.000756 e. The highest BCUT2D eigenvalue weighted by atomic mass is 15.1. The quantitative estimate of drug-likeness (QED) is 0.706. The van der Waals surface area contributed by atoms with Crippen molar-refractivity contribution in [2.45, 2.75) is 46.0 Å². The highest BCUT2D eigenvalue weighted by Crippen LogP contribution is 2.21. The van der Waals surface area contributed by atoms with Gasteiger partial charge in [-0.3, -0.25) is 0 Å². The van der Waals surface area contributed by atoms with E-state index in [4.69, 9.17) is 5.73 Å². The van der Waals surface area contributed by atoms with E-state index in [1.54, 1.807) is 0 Å². The first kappa shape index (κ1) is 17.9. The Morgan fingerprint density at radius 1 is 1.20 bits per heavy atom. The van der Waals surface area contributed by atoms with Crippen molar-refractivity contribution in [1.29, 1.82) is 0 Å². The van der Waals surface area contributed by atoms with E-state index in [1.807, 2.05) is 0 Å². The van der Waals surface area contributed by atoms with Gasteiger partial charge in [-0.05, 0) is 90.1 Å². The van der Waals surface area contributed by atoms with E-state index < -0.39 is 0 Å². The maximum absolute atomic E-state index is 5.72. The molecule has 0 aliphatic carbocycles. The molecule has 1 rings (SSSR count). The Hall–Kier alpha value is -0.120. The summed E-state index contributed by atoms with van der Waals surface area (Å²) < 4.78 is 0. The normalized spacial score (nSPS) is 19.9. The molecule has 0 spiro atoms. The van der Waals surface area contributed by atoms with Crippen LogP contribution >= 0.6 is 0 Å². The lowest BCUT2D eigenvalue weighted by Gasteiger charge is -2.32. The zero-order valence-corrected chi connectivity index (χ0v) is 14.3. The molecule has 1 unspecified atom stereocenters. The van der Waals surface area contributed by atoms with Crippen LogP contribution in [0.4, 0.5) is 0 Å². The van der Waals surface area contributed by atoms with Gasteiger partial charge in [0.15, 0.2) is 0 Å². The monoisotopic (exact) mass is 283 g/mol. The molecule has 1 fully saturated rings. The maximum atomic E-state index is 5.72. The molecule has 0 bridgehead atoms. The SMILES string of the molecule is CC(C)C(CCN)CCCN(C)CC1CCN(C)CC1. The van der Waals surface area contributed by atoms with Crippen molar-refractivity contribution >= 4 is 0 Å². The summed E-state index contributed by atoms with van der Waals surface area (Å²) in [5, 5.41) is 0. The van der Waals surface area contributed by atoms with Crippen molar-refractivity contribution in [3.63, 3.8) is 0 Å². The Morgan fingerprint density at radius 2 is 1.85 bits per heavy atom.